The summed E-state index contributed by atoms with van der Waals surface area (Å²) in [5.74, 6) is 1.10. The number of carbonyl (C=O) groups excluding carboxylic acids is 1. The predicted molar refractivity (Wildman–Crippen MR) is 104 cm³/mol. The van der Waals surface area contributed by atoms with Crippen molar-refractivity contribution in [2.75, 3.05) is 13.2 Å². The lowest BCUT2D eigenvalue weighted by Crippen LogP contribution is -2.24. The van der Waals surface area contributed by atoms with Crippen LogP contribution in [0.25, 0.3) is 0 Å². The number of rotatable bonds is 10. The Kier molecular flexibility index (Phi) is 7.93. The van der Waals surface area contributed by atoms with Crippen LogP contribution in [0.1, 0.15) is 24.5 Å². The molecule has 0 aliphatic heterocycles. The second-order valence-corrected chi connectivity index (χ2v) is 5.64. The van der Waals surface area contributed by atoms with Gasteiger partial charge in [0.2, 0.25) is 0 Å². The Bertz CT molecular complexity index is 722. The summed E-state index contributed by atoms with van der Waals surface area (Å²) < 4.78 is 10.8. The van der Waals surface area contributed by atoms with Crippen LogP contribution >= 0.6 is 0 Å². The van der Waals surface area contributed by atoms with Gasteiger partial charge >= 0.3 is 0 Å². The summed E-state index contributed by atoms with van der Waals surface area (Å²) in [4.78, 5) is 11.8. The number of aryl methyl sites for hydroxylation is 1. The molecule has 0 saturated carbocycles. The van der Waals surface area contributed by atoms with Gasteiger partial charge in [-0.1, -0.05) is 38.1 Å². The van der Waals surface area contributed by atoms with Crippen molar-refractivity contribution in [2.24, 2.45) is 5.10 Å². The van der Waals surface area contributed by atoms with E-state index >= 15 is 0 Å². The smallest absolute Gasteiger partial charge is 0.277 e. The fraction of sp³-hybridized carbons (Fsp3) is 0.238. The first-order chi connectivity index (χ1) is 12.7. The van der Waals surface area contributed by atoms with Gasteiger partial charge in [-0.25, -0.2) is 5.43 Å². The Morgan fingerprint density at radius 1 is 1.08 bits per heavy atom. The Morgan fingerprint density at radius 2 is 1.73 bits per heavy atom. The van der Waals surface area contributed by atoms with Crippen molar-refractivity contribution in [1.82, 2.24) is 5.43 Å². The lowest BCUT2D eigenvalue weighted by atomic mass is 10.1. The second kappa shape index (κ2) is 10.7. The zero-order valence-electron chi connectivity index (χ0n) is 15.0. The molecule has 5 nitrogen and oxygen atoms in total. The fourth-order valence-corrected chi connectivity index (χ4v) is 2.21. The summed E-state index contributed by atoms with van der Waals surface area (Å²) in [6.07, 6.45) is 5.39. The van der Waals surface area contributed by atoms with E-state index in [1.165, 1.54) is 5.56 Å². The molecule has 0 spiro atoms. The lowest BCUT2D eigenvalue weighted by molar-refractivity contribution is -0.123. The van der Waals surface area contributed by atoms with E-state index in [0.29, 0.717) is 12.4 Å². The summed E-state index contributed by atoms with van der Waals surface area (Å²) in [6, 6.07) is 15.1. The number of hydrazone groups is 1. The molecular formula is C21H24N2O3. The van der Waals surface area contributed by atoms with Crippen LogP contribution in [0.5, 0.6) is 11.5 Å². The van der Waals surface area contributed by atoms with Crippen molar-refractivity contribution in [3.8, 4) is 11.5 Å². The molecule has 26 heavy (non-hydrogen) atoms. The topological polar surface area (TPSA) is 59.9 Å². The molecule has 1 N–H and O–H groups in total. The standard InChI is InChI=1S/C21H24N2O3/c1-3-5-17-6-10-20(11-7-17)26-16-21(24)23-22-15-18-8-12-19(13-9-18)25-14-4-2/h4,6-13,15H,2-3,5,14,16H2,1H3,(H,23,24). The highest BCUT2D eigenvalue weighted by Gasteiger charge is 2.01. The number of amides is 1. The second-order valence-electron chi connectivity index (χ2n) is 5.64. The summed E-state index contributed by atoms with van der Waals surface area (Å²) in [5.41, 5.74) is 4.55. The van der Waals surface area contributed by atoms with Gasteiger partial charge in [0.15, 0.2) is 6.61 Å². The van der Waals surface area contributed by atoms with Crippen molar-refractivity contribution in [3.63, 3.8) is 0 Å². The number of nitrogens with zero attached hydrogens (tertiary/aromatic N) is 1. The molecule has 136 valence electrons. The Balaban J connectivity index is 1.73. The molecule has 0 aliphatic rings. The molecule has 0 fully saturated rings. The number of benzene rings is 2. The summed E-state index contributed by atoms with van der Waals surface area (Å²) in [6.45, 7) is 6.12. The summed E-state index contributed by atoms with van der Waals surface area (Å²) >= 11 is 0. The van der Waals surface area contributed by atoms with Gasteiger partial charge in [-0.2, -0.15) is 5.10 Å². The van der Waals surface area contributed by atoms with Crippen LogP contribution in [0, 0.1) is 0 Å². The molecule has 0 aromatic heterocycles. The SMILES string of the molecule is C=CCOc1ccc(C=NNC(=O)COc2ccc(CCC)cc2)cc1. The first-order valence-electron chi connectivity index (χ1n) is 8.58. The van der Waals surface area contributed by atoms with Crippen molar-refractivity contribution in [3.05, 3.63) is 72.3 Å². The molecule has 2 aromatic rings. The van der Waals surface area contributed by atoms with Gasteiger partial charge in [0.25, 0.3) is 5.91 Å². The maximum Gasteiger partial charge on any atom is 0.277 e. The number of hydrogen-bond acceptors (Lipinski definition) is 4. The van der Waals surface area contributed by atoms with Crippen LogP contribution < -0.4 is 14.9 Å². The average Bonchev–Trinajstić information content (AvgIpc) is 2.67. The van der Waals surface area contributed by atoms with Crippen molar-refractivity contribution in [2.45, 2.75) is 19.8 Å². The van der Waals surface area contributed by atoms with Crippen LogP contribution in [-0.4, -0.2) is 25.3 Å². The van der Waals surface area contributed by atoms with E-state index in [1.807, 2.05) is 48.5 Å². The van der Waals surface area contributed by atoms with Gasteiger partial charge in [-0.15, -0.1) is 0 Å². The quantitative estimate of drug-likeness (QED) is 0.403. The number of nitrogens with one attached hydrogen (secondary N) is 1. The summed E-state index contributed by atoms with van der Waals surface area (Å²) in [5, 5.41) is 3.92. The van der Waals surface area contributed by atoms with Gasteiger partial charge in [-0.05, 0) is 53.9 Å². The molecule has 0 unspecified atom stereocenters. The molecule has 0 radical (unpaired) electrons. The van der Waals surface area contributed by atoms with Crippen molar-refractivity contribution in [1.29, 1.82) is 0 Å². The monoisotopic (exact) mass is 352 g/mol. The average molecular weight is 352 g/mol. The minimum atomic E-state index is -0.315. The molecule has 2 aromatic carbocycles. The van der Waals surface area contributed by atoms with Crippen molar-refractivity contribution >= 4 is 12.1 Å². The molecule has 0 bridgehead atoms. The molecular weight excluding hydrogens is 328 g/mol. The molecule has 0 saturated heterocycles. The Hall–Kier alpha value is -3.08. The van der Waals surface area contributed by atoms with Gasteiger partial charge in [-0.3, -0.25) is 4.79 Å². The minimum Gasteiger partial charge on any atom is -0.490 e. The maximum absolute atomic E-state index is 11.8. The van der Waals surface area contributed by atoms with Crippen LogP contribution in [0.4, 0.5) is 0 Å². The highest BCUT2D eigenvalue weighted by molar-refractivity contribution is 5.83. The normalized spacial score (nSPS) is 10.5. The van der Waals surface area contributed by atoms with Crippen LogP contribution in [0.15, 0.2) is 66.3 Å². The van der Waals surface area contributed by atoms with E-state index in [0.717, 1.165) is 24.2 Å². The van der Waals surface area contributed by atoms with E-state index in [9.17, 15) is 4.79 Å². The largest absolute Gasteiger partial charge is 0.490 e. The van der Waals surface area contributed by atoms with Crippen molar-refractivity contribution < 1.29 is 14.3 Å². The van der Waals surface area contributed by atoms with Crippen LogP contribution in [0.2, 0.25) is 0 Å². The molecule has 0 heterocycles. The highest BCUT2D eigenvalue weighted by Crippen LogP contribution is 2.13. The van der Waals surface area contributed by atoms with Gasteiger partial charge < -0.3 is 9.47 Å². The zero-order chi connectivity index (χ0) is 18.6. The highest BCUT2D eigenvalue weighted by atomic mass is 16.5. The minimum absolute atomic E-state index is 0.0845. The van der Waals surface area contributed by atoms with E-state index < -0.39 is 0 Å². The molecule has 2 rings (SSSR count). The Morgan fingerprint density at radius 3 is 2.38 bits per heavy atom. The van der Waals surface area contributed by atoms with E-state index in [-0.39, 0.29) is 12.5 Å². The first-order valence-corrected chi connectivity index (χ1v) is 8.58. The number of hydrogen-bond donors (Lipinski definition) is 1. The Labute approximate surface area is 154 Å². The van der Waals surface area contributed by atoms with E-state index in [2.05, 4.69) is 24.0 Å². The van der Waals surface area contributed by atoms with E-state index in [1.54, 1.807) is 12.3 Å². The third-order valence-corrected chi connectivity index (χ3v) is 3.48. The van der Waals surface area contributed by atoms with Crippen LogP contribution in [0.3, 0.4) is 0 Å². The van der Waals surface area contributed by atoms with Crippen LogP contribution in [-0.2, 0) is 11.2 Å². The zero-order valence-corrected chi connectivity index (χ0v) is 15.0. The molecule has 0 atom stereocenters. The molecule has 1 amide bonds. The maximum atomic E-state index is 11.8. The first kappa shape index (κ1) is 19.2. The number of ether oxygens (including phenoxy) is 2. The molecule has 5 heteroatoms. The lowest BCUT2D eigenvalue weighted by Gasteiger charge is -2.06. The third kappa shape index (κ3) is 6.81. The molecule has 0 aliphatic carbocycles. The van der Waals surface area contributed by atoms with Gasteiger partial charge in [0.1, 0.15) is 18.1 Å². The summed E-state index contributed by atoms with van der Waals surface area (Å²) in [7, 11) is 0. The van der Waals surface area contributed by atoms with Gasteiger partial charge in [0.05, 0.1) is 6.21 Å². The third-order valence-electron chi connectivity index (χ3n) is 3.48. The predicted octanol–water partition coefficient (Wildman–Crippen LogP) is 3.73. The fourth-order valence-electron chi connectivity index (χ4n) is 2.21. The number of carbonyl (C=O) groups is 1. The van der Waals surface area contributed by atoms with E-state index in [4.69, 9.17) is 9.47 Å². The van der Waals surface area contributed by atoms with Gasteiger partial charge in [0, 0.05) is 0 Å².